The maximum atomic E-state index is 11.6. The second-order valence-electron chi connectivity index (χ2n) is 4.71. The molecule has 0 bridgehead atoms. The monoisotopic (exact) mass is 300 g/mol. The Kier molecular flexibility index (Phi) is 3.98. The Morgan fingerprint density at radius 2 is 2.00 bits per heavy atom. The van der Waals surface area contributed by atoms with E-state index in [0.29, 0.717) is 17.8 Å². The van der Waals surface area contributed by atoms with Crippen LogP contribution in [-0.4, -0.2) is 31.7 Å². The number of hydrogen-bond donors (Lipinski definition) is 2. The molecule has 1 heterocycles. The predicted molar refractivity (Wildman–Crippen MR) is 72.8 cm³/mol. The normalized spacial score (nSPS) is 20.9. The first-order chi connectivity index (χ1) is 9.26. The molecule has 1 aliphatic heterocycles. The van der Waals surface area contributed by atoms with E-state index in [1.165, 1.54) is 4.90 Å². The van der Waals surface area contributed by atoms with Gasteiger partial charge in [0, 0.05) is 11.7 Å². The standard InChI is InChI=1S/C12H16N2O5S/c1-8-7-14(12(15)19-8)11-5-3-10(4-6-11)9(2)13-20(16,17)18/h3-6,8-9,13H,7H2,1-2H3,(H,16,17,18). The predicted octanol–water partition coefficient (Wildman–Crippen LogP) is 1.49. The van der Waals surface area contributed by atoms with Crippen LogP contribution < -0.4 is 9.62 Å². The molecule has 1 aromatic rings. The van der Waals surface area contributed by atoms with Gasteiger partial charge in [0.25, 0.3) is 0 Å². The van der Waals surface area contributed by atoms with Gasteiger partial charge in [-0.05, 0) is 31.5 Å². The van der Waals surface area contributed by atoms with Gasteiger partial charge in [0.1, 0.15) is 6.10 Å². The minimum Gasteiger partial charge on any atom is -0.444 e. The highest BCUT2D eigenvalue weighted by molar-refractivity contribution is 7.83. The van der Waals surface area contributed by atoms with Crippen LogP contribution in [0.15, 0.2) is 24.3 Å². The van der Waals surface area contributed by atoms with Crippen molar-refractivity contribution in [2.75, 3.05) is 11.4 Å². The largest absolute Gasteiger partial charge is 0.444 e. The van der Waals surface area contributed by atoms with Gasteiger partial charge >= 0.3 is 16.4 Å². The number of nitrogens with zero attached hydrogens (tertiary/aromatic N) is 1. The molecule has 1 aromatic carbocycles. The van der Waals surface area contributed by atoms with Crippen LogP contribution in [0.4, 0.5) is 10.5 Å². The van der Waals surface area contributed by atoms with Gasteiger partial charge in [-0.25, -0.2) is 4.79 Å². The van der Waals surface area contributed by atoms with Crippen LogP contribution in [0.1, 0.15) is 25.5 Å². The molecule has 2 atom stereocenters. The molecule has 7 nitrogen and oxygen atoms in total. The first-order valence-corrected chi connectivity index (χ1v) is 7.53. The van der Waals surface area contributed by atoms with Gasteiger partial charge < -0.3 is 4.74 Å². The summed E-state index contributed by atoms with van der Waals surface area (Å²) < 4.78 is 37.3. The number of hydrogen-bond acceptors (Lipinski definition) is 4. The zero-order valence-corrected chi connectivity index (χ0v) is 11.9. The number of amides is 1. The Morgan fingerprint density at radius 3 is 2.45 bits per heavy atom. The summed E-state index contributed by atoms with van der Waals surface area (Å²) in [6.07, 6.45) is -0.545. The Hall–Kier alpha value is -1.64. The van der Waals surface area contributed by atoms with E-state index in [4.69, 9.17) is 9.29 Å². The van der Waals surface area contributed by atoms with Crippen molar-refractivity contribution < 1.29 is 22.5 Å². The Balaban J connectivity index is 2.12. The van der Waals surface area contributed by atoms with Crippen molar-refractivity contribution >= 4 is 22.1 Å². The molecular formula is C12H16N2O5S. The molecule has 8 heteroatoms. The molecular weight excluding hydrogens is 284 g/mol. The number of carbonyl (C=O) groups is 1. The number of nitrogens with one attached hydrogen (secondary N) is 1. The van der Waals surface area contributed by atoms with Crippen LogP contribution in [0.2, 0.25) is 0 Å². The highest BCUT2D eigenvalue weighted by Gasteiger charge is 2.29. The van der Waals surface area contributed by atoms with E-state index in [1.54, 1.807) is 31.2 Å². The van der Waals surface area contributed by atoms with Crippen molar-refractivity contribution in [2.45, 2.75) is 26.0 Å². The van der Waals surface area contributed by atoms with Gasteiger partial charge in [-0.1, -0.05) is 12.1 Å². The Morgan fingerprint density at radius 1 is 1.40 bits per heavy atom. The van der Waals surface area contributed by atoms with Crippen molar-refractivity contribution in [1.29, 1.82) is 0 Å². The first kappa shape index (κ1) is 14.8. The van der Waals surface area contributed by atoms with Gasteiger partial charge in [0.15, 0.2) is 0 Å². The average Bonchev–Trinajstić information content (AvgIpc) is 2.66. The van der Waals surface area contributed by atoms with Gasteiger partial charge in [-0.15, -0.1) is 0 Å². The summed E-state index contributed by atoms with van der Waals surface area (Å²) in [6.45, 7) is 3.90. The molecule has 0 aliphatic carbocycles. The Labute approximate surface area is 117 Å². The van der Waals surface area contributed by atoms with E-state index in [-0.39, 0.29) is 6.10 Å². The van der Waals surface area contributed by atoms with Crippen LogP contribution >= 0.6 is 0 Å². The summed E-state index contributed by atoms with van der Waals surface area (Å²) in [6, 6.07) is 6.22. The highest BCUT2D eigenvalue weighted by Crippen LogP contribution is 2.23. The fraction of sp³-hybridized carbons (Fsp3) is 0.417. The summed E-state index contributed by atoms with van der Waals surface area (Å²) >= 11 is 0. The van der Waals surface area contributed by atoms with E-state index >= 15 is 0 Å². The van der Waals surface area contributed by atoms with Gasteiger partial charge in [0.2, 0.25) is 0 Å². The van der Waals surface area contributed by atoms with E-state index in [9.17, 15) is 13.2 Å². The molecule has 2 unspecified atom stereocenters. The summed E-state index contributed by atoms with van der Waals surface area (Å²) in [5.74, 6) is 0. The van der Waals surface area contributed by atoms with E-state index in [2.05, 4.69) is 4.72 Å². The fourth-order valence-corrected chi connectivity index (χ4v) is 2.63. The lowest BCUT2D eigenvalue weighted by Gasteiger charge is -2.15. The fourth-order valence-electron chi connectivity index (χ4n) is 2.05. The summed E-state index contributed by atoms with van der Waals surface area (Å²) in [7, 11) is -4.25. The lowest BCUT2D eigenvalue weighted by Crippen LogP contribution is -2.26. The highest BCUT2D eigenvalue weighted by atomic mass is 32.2. The molecule has 1 fully saturated rings. The van der Waals surface area contributed by atoms with Crippen molar-refractivity contribution in [3.8, 4) is 0 Å². The van der Waals surface area contributed by atoms with E-state index < -0.39 is 22.4 Å². The number of carbonyl (C=O) groups excluding carboxylic acids is 1. The second kappa shape index (κ2) is 5.39. The molecule has 0 radical (unpaired) electrons. The summed E-state index contributed by atoms with van der Waals surface area (Å²) in [4.78, 5) is 13.1. The van der Waals surface area contributed by atoms with Gasteiger partial charge in [-0.2, -0.15) is 13.1 Å². The van der Waals surface area contributed by atoms with Crippen molar-refractivity contribution in [3.05, 3.63) is 29.8 Å². The Bertz CT molecular complexity index is 599. The molecule has 110 valence electrons. The molecule has 0 spiro atoms. The third kappa shape index (κ3) is 3.47. The summed E-state index contributed by atoms with van der Waals surface area (Å²) in [5, 5.41) is 0. The maximum absolute atomic E-state index is 11.6. The number of ether oxygens (including phenoxy) is 1. The molecule has 0 aromatic heterocycles. The third-order valence-corrected chi connectivity index (χ3v) is 3.64. The molecule has 2 N–H and O–H groups in total. The van der Waals surface area contributed by atoms with Crippen LogP contribution in [0, 0.1) is 0 Å². The molecule has 1 amide bonds. The number of anilines is 1. The van der Waals surface area contributed by atoms with Gasteiger partial charge in [0.05, 0.1) is 6.54 Å². The van der Waals surface area contributed by atoms with Gasteiger partial charge in [-0.3, -0.25) is 9.45 Å². The zero-order chi connectivity index (χ0) is 14.9. The smallest absolute Gasteiger partial charge is 0.414 e. The first-order valence-electron chi connectivity index (χ1n) is 6.09. The van der Waals surface area contributed by atoms with E-state index in [1.807, 2.05) is 6.92 Å². The van der Waals surface area contributed by atoms with Crippen LogP contribution in [-0.2, 0) is 15.0 Å². The second-order valence-corrected chi connectivity index (χ2v) is 5.90. The van der Waals surface area contributed by atoms with E-state index in [0.717, 1.165) is 0 Å². The summed E-state index contributed by atoms with van der Waals surface area (Å²) in [5.41, 5.74) is 1.36. The molecule has 0 saturated carbocycles. The zero-order valence-electron chi connectivity index (χ0n) is 11.1. The van der Waals surface area contributed by atoms with Crippen molar-refractivity contribution in [2.24, 2.45) is 0 Å². The minimum atomic E-state index is -4.25. The molecule has 1 saturated heterocycles. The maximum Gasteiger partial charge on any atom is 0.414 e. The lowest BCUT2D eigenvalue weighted by molar-refractivity contribution is 0.150. The lowest BCUT2D eigenvalue weighted by atomic mass is 10.1. The number of rotatable bonds is 4. The van der Waals surface area contributed by atoms with Crippen LogP contribution in [0.3, 0.4) is 0 Å². The number of cyclic esters (lactones) is 1. The SMILES string of the molecule is CC1CN(c2ccc(C(C)NS(=O)(=O)O)cc2)C(=O)O1. The van der Waals surface area contributed by atoms with Crippen LogP contribution in [0.5, 0.6) is 0 Å². The van der Waals surface area contributed by atoms with Crippen molar-refractivity contribution in [1.82, 2.24) is 4.72 Å². The quantitative estimate of drug-likeness (QED) is 0.821. The third-order valence-electron chi connectivity index (χ3n) is 2.99. The average molecular weight is 300 g/mol. The topological polar surface area (TPSA) is 95.9 Å². The molecule has 20 heavy (non-hydrogen) atoms. The number of benzene rings is 1. The molecule has 2 rings (SSSR count). The van der Waals surface area contributed by atoms with Crippen LogP contribution in [0.25, 0.3) is 0 Å². The van der Waals surface area contributed by atoms with Crippen molar-refractivity contribution in [3.63, 3.8) is 0 Å². The minimum absolute atomic E-state index is 0.151. The molecule has 1 aliphatic rings.